The van der Waals surface area contributed by atoms with Crippen LogP contribution in [0.2, 0.25) is 0 Å². The minimum atomic E-state index is -1.72. The highest BCUT2D eigenvalue weighted by Crippen LogP contribution is 2.56. The van der Waals surface area contributed by atoms with Gasteiger partial charge in [-0.25, -0.2) is 0 Å². The topological polar surface area (TPSA) is 69.6 Å². The number of phenols is 2. The summed E-state index contributed by atoms with van der Waals surface area (Å²) in [5.41, 5.74) is 0.355. The predicted octanol–water partition coefficient (Wildman–Crippen LogP) is 6.94. The predicted molar refractivity (Wildman–Crippen MR) is 169 cm³/mol. The van der Waals surface area contributed by atoms with Crippen molar-refractivity contribution in [3.8, 4) is 11.5 Å². The fourth-order valence-electron chi connectivity index (χ4n) is 5.39. The molecular weight excluding hydrogens is 513 g/mol. The Morgan fingerprint density at radius 2 is 1.00 bits per heavy atom. The summed E-state index contributed by atoms with van der Waals surface area (Å²) in [6.45, 7) is 0.616. The third-order valence-corrected chi connectivity index (χ3v) is 12.1. The molecule has 4 nitrogen and oxygen atoms in total. The van der Waals surface area contributed by atoms with Crippen LogP contribution >= 0.6 is 7.26 Å². The highest BCUT2D eigenvalue weighted by atomic mass is 31.2. The van der Waals surface area contributed by atoms with Crippen molar-refractivity contribution in [2.45, 2.75) is 51.4 Å². The summed E-state index contributed by atoms with van der Waals surface area (Å²) in [7, 11) is -1.72. The average Bonchev–Trinajstić information content (AvgIpc) is 3.00. The van der Waals surface area contributed by atoms with Gasteiger partial charge in [0, 0.05) is 12.1 Å². The molecule has 0 aliphatic carbocycles. The second kappa shape index (κ2) is 15.2. The van der Waals surface area contributed by atoms with E-state index in [0.717, 1.165) is 12.8 Å². The van der Waals surface area contributed by atoms with E-state index in [1.165, 1.54) is 78.8 Å². The lowest BCUT2D eigenvalue weighted by molar-refractivity contribution is 0.0952. The molecule has 0 aliphatic rings. The first kappa shape index (κ1) is 29.4. The van der Waals surface area contributed by atoms with Crippen LogP contribution < -0.4 is 21.2 Å². The Bertz CT molecular complexity index is 1220. The lowest BCUT2D eigenvalue weighted by Crippen LogP contribution is -2.33. The number of nitrogens with one attached hydrogen (secondary N) is 1. The number of aromatic hydroxyl groups is 2. The van der Waals surface area contributed by atoms with Gasteiger partial charge in [-0.2, -0.15) is 0 Å². The van der Waals surface area contributed by atoms with Gasteiger partial charge >= 0.3 is 0 Å². The van der Waals surface area contributed by atoms with Gasteiger partial charge in [-0.05, 0) is 73.9 Å². The maximum Gasteiger partial charge on any atom is 0.251 e. The summed E-state index contributed by atoms with van der Waals surface area (Å²) in [5.74, 6) is -0.725. The zero-order valence-corrected chi connectivity index (χ0v) is 24.1. The molecule has 5 heteroatoms. The lowest BCUT2D eigenvalue weighted by atomic mass is 10.1. The Kier molecular flexibility index (Phi) is 11.2. The van der Waals surface area contributed by atoms with E-state index in [2.05, 4.69) is 96.3 Å². The molecule has 1 amide bonds. The van der Waals surface area contributed by atoms with Gasteiger partial charge in [0.15, 0.2) is 11.5 Å². The second-order valence-electron chi connectivity index (χ2n) is 10.3. The van der Waals surface area contributed by atoms with Gasteiger partial charge in [-0.1, -0.05) is 86.7 Å². The van der Waals surface area contributed by atoms with Crippen LogP contribution in [0.3, 0.4) is 0 Å². The van der Waals surface area contributed by atoms with Crippen molar-refractivity contribution in [2.24, 2.45) is 0 Å². The Morgan fingerprint density at radius 3 is 1.48 bits per heavy atom. The van der Waals surface area contributed by atoms with Crippen LogP contribution in [0.1, 0.15) is 61.7 Å². The number of phenolic OH excluding ortho intramolecular Hbond substituents is 2. The third kappa shape index (κ3) is 7.73. The highest BCUT2D eigenvalue weighted by Gasteiger charge is 2.44. The van der Waals surface area contributed by atoms with Gasteiger partial charge in [0.1, 0.15) is 23.2 Å². The van der Waals surface area contributed by atoms with Crippen molar-refractivity contribution in [2.75, 3.05) is 12.7 Å². The van der Waals surface area contributed by atoms with E-state index in [1.54, 1.807) is 0 Å². The standard InChI is InChI=1S/C35H40NO3P/c37-33-25-24-29(28-34(33)38)35(39)36-26-16-5-3-1-2-4-6-17-27-40(30-18-10-7-11-19-30,31-20-12-8-13-21-31)32-22-14-9-15-23-32/h7-15,18-25,28H,1-6,16-17,26-27H2,(H2-,36,37,38,39)/p+1. The van der Waals surface area contributed by atoms with E-state index in [0.29, 0.717) is 12.1 Å². The molecular formula is C35H41NO3P+. The number of rotatable bonds is 15. The normalized spacial score (nSPS) is 11.3. The largest absolute Gasteiger partial charge is 0.504 e. The second-order valence-corrected chi connectivity index (χ2v) is 13.9. The van der Waals surface area contributed by atoms with Crippen molar-refractivity contribution in [3.63, 3.8) is 0 Å². The monoisotopic (exact) mass is 554 g/mol. The van der Waals surface area contributed by atoms with Crippen LogP contribution in [-0.4, -0.2) is 28.8 Å². The Balaban J connectivity index is 1.21. The minimum absolute atomic E-state index is 0.221. The molecule has 0 fully saturated rings. The molecule has 0 unspecified atom stereocenters. The molecule has 208 valence electrons. The van der Waals surface area contributed by atoms with Crippen molar-refractivity contribution in [1.29, 1.82) is 0 Å². The van der Waals surface area contributed by atoms with Crippen LogP contribution in [0.25, 0.3) is 0 Å². The molecule has 0 saturated heterocycles. The number of hydrogen-bond acceptors (Lipinski definition) is 3. The molecule has 3 N–H and O–H groups in total. The Hall–Kier alpha value is -3.62. The quantitative estimate of drug-likeness (QED) is 0.0847. The molecule has 0 aliphatic heterocycles. The first-order valence-corrected chi connectivity index (χ1v) is 16.4. The fourth-order valence-corrected chi connectivity index (χ4v) is 9.80. The van der Waals surface area contributed by atoms with E-state index < -0.39 is 7.26 Å². The van der Waals surface area contributed by atoms with Crippen molar-refractivity contribution in [3.05, 3.63) is 115 Å². The van der Waals surface area contributed by atoms with Gasteiger partial charge in [0.25, 0.3) is 5.91 Å². The highest BCUT2D eigenvalue weighted by molar-refractivity contribution is 7.95. The summed E-state index contributed by atoms with van der Waals surface area (Å²) in [6, 6.07) is 37.5. The Labute approximate surface area is 239 Å². The summed E-state index contributed by atoms with van der Waals surface area (Å²) in [5, 5.41) is 26.2. The summed E-state index contributed by atoms with van der Waals surface area (Å²) in [6.07, 6.45) is 10.5. The van der Waals surface area contributed by atoms with Crippen LogP contribution in [0.4, 0.5) is 0 Å². The Morgan fingerprint density at radius 1 is 0.550 bits per heavy atom. The number of amides is 1. The van der Waals surface area contributed by atoms with Crippen LogP contribution in [0, 0.1) is 0 Å². The SMILES string of the molecule is O=C(NCCCCCCCCCC[P+](c1ccccc1)(c1ccccc1)c1ccccc1)c1ccc(O)c(O)c1. The molecule has 4 aromatic rings. The molecule has 0 spiro atoms. The van der Waals surface area contributed by atoms with Gasteiger partial charge in [-0.15, -0.1) is 0 Å². The molecule has 0 saturated carbocycles. The van der Waals surface area contributed by atoms with Crippen LogP contribution in [0.15, 0.2) is 109 Å². The molecule has 0 heterocycles. The molecule has 0 bridgehead atoms. The van der Waals surface area contributed by atoms with Gasteiger partial charge in [-0.3, -0.25) is 4.79 Å². The summed E-state index contributed by atoms with van der Waals surface area (Å²) >= 11 is 0. The van der Waals surface area contributed by atoms with E-state index >= 15 is 0 Å². The zero-order chi connectivity index (χ0) is 28.0. The number of benzene rings is 4. The van der Waals surface area contributed by atoms with Gasteiger partial charge in [0.2, 0.25) is 0 Å². The first-order valence-electron chi connectivity index (χ1n) is 14.5. The van der Waals surface area contributed by atoms with Crippen LogP contribution in [0.5, 0.6) is 11.5 Å². The average molecular weight is 555 g/mol. The number of carbonyl (C=O) groups is 1. The molecule has 0 atom stereocenters. The maximum atomic E-state index is 12.2. The van der Waals surface area contributed by atoms with Crippen molar-refractivity contribution >= 4 is 29.1 Å². The van der Waals surface area contributed by atoms with E-state index in [4.69, 9.17) is 0 Å². The number of hydrogen-bond donors (Lipinski definition) is 3. The number of carbonyl (C=O) groups excluding carboxylic acids is 1. The van der Waals surface area contributed by atoms with E-state index in [9.17, 15) is 15.0 Å². The van der Waals surface area contributed by atoms with Crippen molar-refractivity contribution < 1.29 is 15.0 Å². The number of unbranched alkanes of at least 4 members (excludes halogenated alkanes) is 7. The van der Waals surface area contributed by atoms with Gasteiger partial charge in [0.05, 0.1) is 6.16 Å². The molecule has 0 radical (unpaired) electrons. The zero-order valence-electron chi connectivity index (χ0n) is 23.2. The van der Waals surface area contributed by atoms with Crippen LogP contribution in [-0.2, 0) is 0 Å². The van der Waals surface area contributed by atoms with Gasteiger partial charge < -0.3 is 15.5 Å². The molecule has 4 aromatic carbocycles. The summed E-state index contributed by atoms with van der Waals surface area (Å²) < 4.78 is 0. The lowest BCUT2D eigenvalue weighted by Gasteiger charge is -2.27. The third-order valence-electron chi connectivity index (χ3n) is 7.53. The molecule has 4 rings (SSSR count). The minimum Gasteiger partial charge on any atom is -0.504 e. The smallest absolute Gasteiger partial charge is 0.251 e. The molecule has 40 heavy (non-hydrogen) atoms. The first-order chi connectivity index (χ1) is 19.6. The van der Waals surface area contributed by atoms with E-state index in [1.807, 2.05) is 0 Å². The molecule has 0 aromatic heterocycles. The maximum absolute atomic E-state index is 12.2. The fraction of sp³-hybridized carbons (Fsp3) is 0.286. The van der Waals surface area contributed by atoms with Crippen molar-refractivity contribution in [1.82, 2.24) is 5.32 Å². The summed E-state index contributed by atoms with van der Waals surface area (Å²) in [4.78, 5) is 12.2. The van der Waals surface area contributed by atoms with E-state index in [-0.39, 0.29) is 17.4 Å².